The van der Waals surface area contributed by atoms with Crippen molar-refractivity contribution in [3.63, 3.8) is 0 Å². The van der Waals surface area contributed by atoms with Gasteiger partial charge in [-0.1, -0.05) is 24.3 Å². The van der Waals surface area contributed by atoms with Crippen LogP contribution in [0, 0.1) is 10.1 Å². The van der Waals surface area contributed by atoms with Gasteiger partial charge in [-0.15, -0.1) is 0 Å². The van der Waals surface area contributed by atoms with Crippen LogP contribution in [0.2, 0.25) is 0 Å². The molecule has 1 amide bonds. The standard InChI is InChI=1S/C26H21N5O5/c1-18(26(33)28-21-8-5-11-23(15-21)31(34)35)36-24(32)13-12-20-17-30(22-9-3-2-4-10-22)29-25(20)19-7-6-14-27-16-19/h2-18H,1H3,(H,28,33)/b13-12+/t18-/m1/s1. The Labute approximate surface area is 206 Å². The van der Waals surface area contributed by atoms with Crippen LogP contribution in [-0.4, -0.2) is 37.7 Å². The van der Waals surface area contributed by atoms with E-state index < -0.39 is 22.9 Å². The van der Waals surface area contributed by atoms with Crippen LogP contribution >= 0.6 is 0 Å². The number of nitro groups is 1. The zero-order valence-electron chi connectivity index (χ0n) is 19.1. The molecule has 0 saturated heterocycles. The van der Waals surface area contributed by atoms with Crippen molar-refractivity contribution in [3.05, 3.63) is 107 Å². The Bertz CT molecular complexity index is 1420. The van der Waals surface area contributed by atoms with Crippen molar-refractivity contribution in [3.8, 4) is 16.9 Å². The summed E-state index contributed by atoms with van der Waals surface area (Å²) >= 11 is 0. The normalized spacial score (nSPS) is 11.7. The van der Waals surface area contributed by atoms with Crippen LogP contribution in [0.25, 0.3) is 23.0 Å². The van der Waals surface area contributed by atoms with Gasteiger partial charge in [0.05, 0.1) is 10.6 Å². The Balaban J connectivity index is 1.47. The molecular formula is C26H21N5O5. The molecule has 0 aliphatic carbocycles. The molecule has 4 rings (SSSR count). The number of rotatable bonds is 8. The second-order valence-corrected chi connectivity index (χ2v) is 7.66. The quantitative estimate of drug-likeness (QED) is 0.170. The van der Waals surface area contributed by atoms with Crippen LogP contribution in [0.15, 0.2) is 91.4 Å². The van der Waals surface area contributed by atoms with Crippen LogP contribution in [0.1, 0.15) is 12.5 Å². The van der Waals surface area contributed by atoms with Crippen molar-refractivity contribution in [1.82, 2.24) is 14.8 Å². The van der Waals surface area contributed by atoms with Crippen LogP contribution in [-0.2, 0) is 14.3 Å². The first-order chi connectivity index (χ1) is 17.4. The lowest BCUT2D eigenvalue weighted by atomic mass is 10.1. The summed E-state index contributed by atoms with van der Waals surface area (Å²) in [5, 5.41) is 18.1. The topological polar surface area (TPSA) is 129 Å². The number of non-ortho nitro benzene ring substituents is 1. The number of esters is 1. The van der Waals surface area contributed by atoms with E-state index in [-0.39, 0.29) is 11.4 Å². The van der Waals surface area contributed by atoms with Crippen LogP contribution < -0.4 is 5.32 Å². The molecule has 0 unspecified atom stereocenters. The third-order valence-electron chi connectivity index (χ3n) is 5.08. The number of pyridine rings is 1. The summed E-state index contributed by atoms with van der Waals surface area (Å²) in [6.45, 7) is 1.41. The molecule has 0 spiro atoms. The molecule has 0 radical (unpaired) electrons. The maximum atomic E-state index is 12.4. The van der Waals surface area contributed by atoms with E-state index in [1.54, 1.807) is 35.4 Å². The third-order valence-corrected chi connectivity index (χ3v) is 5.08. The largest absolute Gasteiger partial charge is 0.449 e. The number of nitrogens with one attached hydrogen (secondary N) is 1. The molecule has 0 fully saturated rings. The summed E-state index contributed by atoms with van der Waals surface area (Å²) in [4.78, 5) is 39.3. The number of anilines is 1. The number of amides is 1. The fourth-order valence-electron chi connectivity index (χ4n) is 3.32. The lowest BCUT2D eigenvalue weighted by Crippen LogP contribution is -2.29. The Kier molecular flexibility index (Phi) is 7.25. The monoisotopic (exact) mass is 483 g/mol. The fourth-order valence-corrected chi connectivity index (χ4v) is 3.32. The molecule has 0 aliphatic rings. The number of hydrogen-bond donors (Lipinski definition) is 1. The smallest absolute Gasteiger partial charge is 0.331 e. The molecule has 1 N–H and O–H groups in total. The second kappa shape index (κ2) is 10.9. The molecule has 2 heterocycles. The summed E-state index contributed by atoms with van der Waals surface area (Å²) in [6, 6.07) is 18.6. The summed E-state index contributed by atoms with van der Waals surface area (Å²) in [6.07, 6.45) is 6.75. The predicted molar refractivity (Wildman–Crippen MR) is 133 cm³/mol. The van der Waals surface area contributed by atoms with E-state index in [0.717, 1.165) is 11.3 Å². The first-order valence-electron chi connectivity index (χ1n) is 10.9. The zero-order valence-corrected chi connectivity index (χ0v) is 19.1. The maximum absolute atomic E-state index is 12.4. The number of ether oxygens (including phenoxy) is 1. The molecule has 0 saturated carbocycles. The molecule has 0 aliphatic heterocycles. The molecule has 4 aromatic rings. The van der Waals surface area contributed by atoms with Gasteiger partial charge >= 0.3 is 5.97 Å². The van der Waals surface area contributed by atoms with Gasteiger partial charge in [-0.05, 0) is 43.3 Å². The van der Waals surface area contributed by atoms with Gasteiger partial charge in [-0.3, -0.25) is 19.9 Å². The fraction of sp³-hybridized carbons (Fsp3) is 0.0769. The summed E-state index contributed by atoms with van der Waals surface area (Å²) in [5.41, 5.74) is 2.94. The molecule has 10 nitrogen and oxygen atoms in total. The Morgan fingerprint density at radius 3 is 2.64 bits per heavy atom. The van der Waals surface area contributed by atoms with E-state index in [9.17, 15) is 19.7 Å². The molecular weight excluding hydrogens is 462 g/mol. The summed E-state index contributed by atoms with van der Waals surface area (Å²) in [5.74, 6) is -1.36. The predicted octanol–water partition coefficient (Wildman–Crippen LogP) is 4.43. The minimum absolute atomic E-state index is 0.166. The van der Waals surface area contributed by atoms with E-state index in [1.807, 2.05) is 36.4 Å². The number of benzene rings is 2. The first kappa shape index (κ1) is 24.0. The van der Waals surface area contributed by atoms with Gasteiger partial charge in [0.25, 0.3) is 11.6 Å². The van der Waals surface area contributed by atoms with E-state index in [4.69, 9.17) is 4.74 Å². The number of aromatic nitrogens is 3. The van der Waals surface area contributed by atoms with Gasteiger partial charge in [-0.2, -0.15) is 5.10 Å². The number of carbonyl (C=O) groups is 2. The van der Waals surface area contributed by atoms with Gasteiger partial charge < -0.3 is 10.1 Å². The average molecular weight is 483 g/mol. The molecule has 36 heavy (non-hydrogen) atoms. The van der Waals surface area contributed by atoms with E-state index in [1.165, 1.54) is 37.3 Å². The lowest BCUT2D eigenvalue weighted by molar-refractivity contribution is -0.384. The van der Waals surface area contributed by atoms with Crippen molar-refractivity contribution in [2.75, 3.05) is 5.32 Å². The number of nitrogens with zero attached hydrogens (tertiary/aromatic N) is 4. The van der Waals surface area contributed by atoms with E-state index in [2.05, 4.69) is 15.4 Å². The number of carbonyl (C=O) groups excluding carboxylic acids is 2. The maximum Gasteiger partial charge on any atom is 0.331 e. The number of hydrogen-bond acceptors (Lipinski definition) is 7. The number of para-hydroxylation sites is 1. The summed E-state index contributed by atoms with van der Waals surface area (Å²) in [7, 11) is 0. The molecule has 2 aromatic carbocycles. The molecule has 10 heteroatoms. The highest BCUT2D eigenvalue weighted by Crippen LogP contribution is 2.24. The van der Waals surface area contributed by atoms with Crippen molar-refractivity contribution in [1.29, 1.82) is 0 Å². The Hall–Kier alpha value is -5.12. The van der Waals surface area contributed by atoms with Crippen molar-refractivity contribution < 1.29 is 19.2 Å². The zero-order chi connectivity index (χ0) is 25.5. The van der Waals surface area contributed by atoms with E-state index >= 15 is 0 Å². The molecule has 2 aromatic heterocycles. The van der Waals surface area contributed by atoms with Crippen molar-refractivity contribution in [2.24, 2.45) is 0 Å². The third kappa shape index (κ3) is 5.86. The highest BCUT2D eigenvalue weighted by Gasteiger charge is 2.18. The van der Waals surface area contributed by atoms with Gasteiger partial charge in [0.15, 0.2) is 6.10 Å². The van der Waals surface area contributed by atoms with Gasteiger partial charge in [0.1, 0.15) is 5.69 Å². The Morgan fingerprint density at radius 2 is 1.92 bits per heavy atom. The molecule has 0 bridgehead atoms. The van der Waals surface area contributed by atoms with Crippen LogP contribution in [0.4, 0.5) is 11.4 Å². The van der Waals surface area contributed by atoms with Crippen molar-refractivity contribution in [2.45, 2.75) is 13.0 Å². The van der Waals surface area contributed by atoms with Gasteiger partial charge in [-0.25, -0.2) is 9.48 Å². The minimum atomic E-state index is -1.13. The van der Waals surface area contributed by atoms with Crippen LogP contribution in [0.5, 0.6) is 0 Å². The van der Waals surface area contributed by atoms with Gasteiger partial charge in [0.2, 0.25) is 0 Å². The summed E-state index contributed by atoms with van der Waals surface area (Å²) < 4.78 is 6.91. The molecule has 1 atom stereocenters. The first-order valence-corrected chi connectivity index (χ1v) is 10.9. The number of nitro benzene ring substituents is 1. The Morgan fingerprint density at radius 1 is 1.11 bits per heavy atom. The highest BCUT2D eigenvalue weighted by atomic mass is 16.6. The van der Waals surface area contributed by atoms with Gasteiger partial charge in [0, 0.05) is 53.6 Å². The minimum Gasteiger partial charge on any atom is -0.449 e. The molecule has 180 valence electrons. The highest BCUT2D eigenvalue weighted by molar-refractivity contribution is 5.97. The second-order valence-electron chi connectivity index (χ2n) is 7.66. The van der Waals surface area contributed by atoms with Crippen LogP contribution in [0.3, 0.4) is 0 Å². The van der Waals surface area contributed by atoms with E-state index in [0.29, 0.717) is 11.3 Å². The van der Waals surface area contributed by atoms with Crippen molar-refractivity contribution >= 4 is 29.3 Å². The average Bonchev–Trinajstić information content (AvgIpc) is 3.33. The SMILES string of the molecule is C[C@@H](OC(=O)/C=C/c1cn(-c2ccccc2)nc1-c1cccnc1)C(=O)Nc1cccc([N+](=O)[O-])c1. The lowest BCUT2D eigenvalue weighted by Gasteiger charge is -2.12.